The van der Waals surface area contributed by atoms with Crippen LogP contribution in [-0.2, 0) is 10.0 Å². The number of likely N-dealkylation sites (tertiary alicyclic amines) is 1. The van der Waals surface area contributed by atoms with E-state index in [1.165, 1.54) is 12.1 Å². The molecule has 7 heteroatoms. The number of anilines is 1. The van der Waals surface area contributed by atoms with Gasteiger partial charge in [-0.3, -0.25) is 0 Å². The van der Waals surface area contributed by atoms with Crippen LogP contribution in [0.15, 0.2) is 23.1 Å². The molecule has 1 aliphatic rings. The molecule has 1 saturated heterocycles. The molecule has 1 aromatic carbocycles. The summed E-state index contributed by atoms with van der Waals surface area (Å²) < 4.78 is 27.6. The Bertz CT molecular complexity index is 584. The van der Waals surface area contributed by atoms with Crippen molar-refractivity contribution in [2.75, 3.05) is 25.4 Å². The van der Waals surface area contributed by atoms with Crippen LogP contribution in [0.25, 0.3) is 0 Å². The highest BCUT2D eigenvalue weighted by atomic mass is 35.5. The van der Waals surface area contributed by atoms with E-state index in [9.17, 15) is 8.42 Å². The zero-order chi connectivity index (χ0) is 15.5. The van der Waals surface area contributed by atoms with Crippen LogP contribution < -0.4 is 10.5 Å². The average molecular weight is 332 g/mol. The molecule has 0 aromatic heterocycles. The van der Waals surface area contributed by atoms with Gasteiger partial charge in [-0.25, -0.2) is 13.1 Å². The van der Waals surface area contributed by atoms with Crippen molar-refractivity contribution in [2.24, 2.45) is 0 Å². The van der Waals surface area contributed by atoms with Gasteiger partial charge in [0.1, 0.15) is 4.90 Å². The number of nitrogen functional groups attached to an aromatic ring is 1. The number of nitrogens with zero attached hydrogens (tertiary/aromatic N) is 1. The Hall–Kier alpha value is -0.820. The summed E-state index contributed by atoms with van der Waals surface area (Å²) in [6.45, 7) is 5.07. The maximum atomic E-state index is 12.4. The Morgan fingerprint density at radius 3 is 2.67 bits per heavy atom. The van der Waals surface area contributed by atoms with Crippen molar-refractivity contribution in [3.05, 3.63) is 23.2 Å². The van der Waals surface area contributed by atoms with Crippen molar-refractivity contribution < 1.29 is 8.42 Å². The van der Waals surface area contributed by atoms with Gasteiger partial charge in [0.2, 0.25) is 10.0 Å². The number of nitrogens with two attached hydrogens (primary N) is 1. The first kappa shape index (κ1) is 16.5. The minimum absolute atomic E-state index is 0.0403. The van der Waals surface area contributed by atoms with Gasteiger partial charge >= 0.3 is 0 Å². The number of hydrogen-bond acceptors (Lipinski definition) is 4. The molecule has 1 heterocycles. The number of benzene rings is 1. The third-order valence-corrected chi connectivity index (χ3v) is 5.53. The minimum atomic E-state index is -3.62. The fourth-order valence-electron chi connectivity index (χ4n) is 2.61. The molecule has 2 rings (SSSR count). The summed E-state index contributed by atoms with van der Waals surface area (Å²) in [7, 11) is -3.62. The smallest absolute Gasteiger partial charge is 0.242 e. The molecule has 3 N–H and O–H groups in total. The fourth-order valence-corrected chi connectivity index (χ4v) is 4.31. The summed E-state index contributed by atoms with van der Waals surface area (Å²) in [6.07, 6.45) is 2.76. The van der Waals surface area contributed by atoms with Crippen LogP contribution in [0.1, 0.15) is 26.2 Å². The lowest BCUT2D eigenvalue weighted by Gasteiger charge is -2.31. The van der Waals surface area contributed by atoms with Crippen LogP contribution in [0.4, 0.5) is 5.69 Å². The molecule has 5 nitrogen and oxygen atoms in total. The summed E-state index contributed by atoms with van der Waals surface area (Å²) >= 11 is 5.87. The zero-order valence-corrected chi connectivity index (χ0v) is 13.8. The Balaban J connectivity index is 2.04. The molecule has 0 saturated carbocycles. The molecule has 0 aliphatic carbocycles. The molecule has 21 heavy (non-hydrogen) atoms. The monoisotopic (exact) mass is 331 g/mol. The Morgan fingerprint density at radius 2 is 2.05 bits per heavy atom. The van der Waals surface area contributed by atoms with Gasteiger partial charge in [-0.15, -0.1) is 0 Å². The highest BCUT2D eigenvalue weighted by molar-refractivity contribution is 7.89. The van der Waals surface area contributed by atoms with Gasteiger partial charge in [0.15, 0.2) is 0 Å². The van der Waals surface area contributed by atoms with Crippen molar-refractivity contribution >= 4 is 27.3 Å². The van der Waals surface area contributed by atoms with Gasteiger partial charge in [-0.2, -0.15) is 0 Å². The standard InChI is InChI=1S/C14H22ClN3O2S/c1-2-7-18-8-5-12(6-9-18)17-21(19,20)14-10-11(15)3-4-13(14)16/h3-4,10,12,17H,2,5-9,16H2,1H3. The Morgan fingerprint density at radius 1 is 1.38 bits per heavy atom. The molecular weight excluding hydrogens is 310 g/mol. The summed E-state index contributed by atoms with van der Waals surface area (Å²) in [5.41, 5.74) is 5.97. The second-order valence-corrected chi connectivity index (χ2v) is 7.54. The van der Waals surface area contributed by atoms with Crippen molar-refractivity contribution in [3.8, 4) is 0 Å². The maximum absolute atomic E-state index is 12.4. The van der Waals surface area contributed by atoms with Crippen LogP contribution in [0.3, 0.4) is 0 Å². The minimum Gasteiger partial charge on any atom is -0.398 e. The van der Waals surface area contributed by atoms with Crippen molar-refractivity contribution in [1.29, 1.82) is 0 Å². The molecule has 1 aromatic rings. The predicted molar refractivity (Wildman–Crippen MR) is 85.9 cm³/mol. The SMILES string of the molecule is CCCN1CCC(NS(=O)(=O)c2cc(Cl)ccc2N)CC1. The van der Waals surface area contributed by atoms with Crippen LogP contribution >= 0.6 is 11.6 Å². The number of rotatable bonds is 5. The van der Waals surface area contributed by atoms with E-state index in [1.807, 2.05) is 0 Å². The topological polar surface area (TPSA) is 75.4 Å². The van der Waals surface area contributed by atoms with E-state index in [-0.39, 0.29) is 16.6 Å². The zero-order valence-electron chi connectivity index (χ0n) is 12.2. The Kier molecular flexibility index (Phi) is 5.48. The normalized spacial score (nSPS) is 18.0. The molecule has 0 atom stereocenters. The van der Waals surface area contributed by atoms with Crippen molar-refractivity contribution in [3.63, 3.8) is 0 Å². The molecule has 1 aliphatic heterocycles. The van der Waals surface area contributed by atoms with E-state index in [0.29, 0.717) is 5.02 Å². The van der Waals surface area contributed by atoms with Gasteiger partial charge in [-0.05, 0) is 57.1 Å². The van der Waals surface area contributed by atoms with E-state index >= 15 is 0 Å². The van der Waals surface area contributed by atoms with Gasteiger partial charge in [0.25, 0.3) is 0 Å². The summed E-state index contributed by atoms with van der Waals surface area (Å²) in [6, 6.07) is 4.45. The fraction of sp³-hybridized carbons (Fsp3) is 0.571. The lowest BCUT2D eigenvalue weighted by molar-refractivity contribution is 0.208. The summed E-state index contributed by atoms with van der Waals surface area (Å²) in [4.78, 5) is 2.42. The van der Waals surface area contributed by atoms with E-state index in [2.05, 4.69) is 16.5 Å². The lowest BCUT2D eigenvalue weighted by atomic mass is 10.1. The molecule has 0 unspecified atom stereocenters. The number of sulfonamides is 1. The quantitative estimate of drug-likeness (QED) is 0.810. The number of halogens is 1. The van der Waals surface area contributed by atoms with Gasteiger partial charge in [-0.1, -0.05) is 18.5 Å². The molecule has 1 fully saturated rings. The first-order valence-electron chi connectivity index (χ1n) is 7.22. The number of piperidine rings is 1. The lowest BCUT2D eigenvalue weighted by Crippen LogP contribution is -2.44. The maximum Gasteiger partial charge on any atom is 0.242 e. The Labute approximate surface area is 131 Å². The van der Waals surface area contributed by atoms with Crippen molar-refractivity contribution in [2.45, 2.75) is 37.1 Å². The van der Waals surface area contributed by atoms with Crippen LogP contribution in [0.2, 0.25) is 5.02 Å². The molecule has 0 amide bonds. The predicted octanol–water partition coefficient (Wildman–Crippen LogP) is 2.07. The highest BCUT2D eigenvalue weighted by Crippen LogP contribution is 2.23. The van der Waals surface area contributed by atoms with E-state index in [1.54, 1.807) is 6.07 Å². The van der Waals surface area contributed by atoms with Gasteiger partial charge in [0.05, 0.1) is 5.69 Å². The second kappa shape index (κ2) is 6.96. The van der Waals surface area contributed by atoms with E-state index in [0.717, 1.165) is 38.9 Å². The van der Waals surface area contributed by atoms with Gasteiger partial charge < -0.3 is 10.6 Å². The molecule has 0 radical (unpaired) electrons. The second-order valence-electron chi connectivity index (χ2n) is 5.42. The third kappa shape index (κ3) is 4.32. The van der Waals surface area contributed by atoms with Crippen LogP contribution in [-0.4, -0.2) is 39.0 Å². The highest BCUT2D eigenvalue weighted by Gasteiger charge is 2.25. The molecule has 0 bridgehead atoms. The van der Waals surface area contributed by atoms with Crippen LogP contribution in [0, 0.1) is 0 Å². The third-order valence-electron chi connectivity index (χ3n) is 3.71. The average Bonchev–Trinajstić information content (AvgIpc) is 2.43. The van der Waals surface area contributed by atoms with E-state index in [4.69, 9.17) is 17.3 Å². The van der Waals surface area contributed by atoms with Gasteiger partial charge in [0, 0.05) is 11.1 Å². The number of nitrogens with one attached hydrogen (secondary N) is 1. The number of hydrogen-bond donors (Lipinski definition) is 2. The molecule has 0 spiro atoms. The summed E-state index contributed by atoms with van der Waals surface area (Å²) in [5, 5.41) is 0.363. The molecule has 118 valence electrons. The first-order chi connectivity index (χ1) is 9.92. The summed E-state index contributed by atoms with van der Waals surface area (Å²) in [5.74, 6) is 0. The first-order valence-corrected chi connectivity index (χ1v) is 9.08. The van der Waals surface area contributed by atoms with Crippen molar-refractivity contribution in [1.82, 2.24) is 9.62 Å². The van der Waals surface area contributed by atoms with Crippen LogP contribution in [0.5, 0.6) is 0 Å². The van der Waals surface area contributed by atoms with E-state index < -0.39 is 10.0 Å². The largest absolute Gasteiger partial charge is 0.398 e. The molecular formula is C14H22ClN3O2S.